The van der Waals surface area contributed by atoms with Crippen LogP contribution in [0.2, 0.25) is 5.02 Å². The third-order valence-corrected chi connectivity index (χ3v) is 7.10. The van der Waals surface area contributed by atoms with Crippen LogP contribution in [0.15, 0.2) is 133 Å². The van der Waals surface area contributed by atoms with Gasteiger partial charge in [-0.3, -0.25) is 19.7 Å². The lowest BCUT2D eigenvalue weighted by atomic mass is 10.1. The Hall–Kier alpha value is -6.92. The number of non-ortho nitro benzene ring substituents is 1. The number of para-hydroxylation sites is 2. The Balaban J connectivity index is 1.16. The molecule has 0 aliphatic rings. The largest absolute Gasteiger partial charge is 0.423 e. The van der Waals surface area contributed by atoms with Crippen molar-refractivity contribution in [3.05, 3.63) is 170 Å². The Morgan fingerprint density at radius 3 is 1.90 bits per heavy atom. The molecule has 5 aromatic rings. The van der Waals surface area contributed by atoms with Crippen LogP contribution in [0, 0.1) is 10.1 Å². The summed E-state index contributed by atoms with van der Waals surface area (Å²) in [5.41, 5.74) is 4.35. The maximum absolute atomic E-state index is 12.7. The molecule has 50 heavy (non-hydrogen) atoms. The SMILES string of the molecule is O=C(/C=C/c1ccccc1OC(=O)c1ccc([N+](=O)[O-])cc1)Oc1ccccc1/C=N/NC(=O)c1ccc(NC(=O)c2ccc(Cl)cc2)cc1. The van der Waals surface area contributed by atoms with Crippen molar-refractivity contribution < 1.29 is 33.6 Å². The van der Waals surface area contributed by atoms with Crippen molar-refractivity contribution in [2.45, 2.75) is 0 Å². The van der Waals surface area contributed by atoms with Gasteiger partial charge in [-0.25, -0.2) is 15.0 Å². The van der Waals surface area contributed by atoms with E-state index in [0.717, 1.165) is 6.08 Å². The maximum Gasteiger partial charge on any atom is 0.343 e. The van der Waals surface area contributed by atoms with E-state index in [1.54, 1.807) is 78.9 Å². The first-order valence-corrected chi connectivity index (χ1v) is 15.1. The predicted molar refractivity (Wildman–Crippen MR) is 187 cm³/mol. The number of carbonyl (C=O) groups excluding carboxylic acids is 4. The molecule has 0 unspecified atom stereocenters. The summed E-state index contributed by atoms with van der Waals surface area (Å²) < 4.78 is 10.9. The standard InChI is InChI=1S/C37H25ClN4O8/c38-29-16-9-25(10-17-29)35(44)40-30-18-11-26(12-19-30)36(45)41-39-23-28-6-2-4-8-33(28)49-34(43)22-15-24-5-1-3-7-32(24)50-37(46)27-13-20-31(21-14-27)42(47)48/h1-23H,(H,40,44)(H,41,45)/b22-15+,39-23+. The number of esters is 2. The average molecular weight is 689 g/mol. The molecule has 0 fully saturated rings. The summed E-state index contributed by atoms with van der Waals surface area (Å²) in [6.07, 6.45) is 3.87. The molecular weight excluding hydrogens is 664 g/mol. The molecule has 0 bridgehead atoms. The number of nitrogens with one attached hydrogen (secondary N) is 2. The first kappa shape index (κ1) is 34.4. The summed E-state index contributed by atoms with van der Waals surface area (Å²) >= 11 is 5.87. The third-order valence-electron chi connectivity index (χ3n) is 6.85. The lowest BCUT2D eigenvalue weighted by Crippen LogP contribution is -2.18. The second-order valence-corrected chi connectivity index (χ2v) is 10.7. The van der Waals surface area contributed by atoms with Gasteiger partial charge < -0.3 is 14.8 Å². The van der Waals surface area contributed by atoms with Crippen molar-refractivity contribution in [2.24, 2.45) is 5.10 Å². The zero-order valence-electron chi connectivity index (χ0n) is 25.8. The van der Waals surface area contributed by atoms with E-state index in [1.165, 1.54) is 54.8 Å². The molecule has 0 spiro atoms. The first-order chi connectivity index (χ1) is 24.2. The van der Waals surface area contributed by atoms with Gasteiger partial charge in [0.1, 0.15) is 11.5 Å². The van der Waals surface area contributed by atoms with E-state index in [0.29, 0.717) is 27.4 Å². The number of hydrogen-bond donors (Lipinski definition) is 2. The summed E-state index contributed by atoms with van der Waals surface area (Å²) in [6.45, 7) is 0. The van der Waals surface area contributed by atoms with Gasteiger partial charge in [0.25, 0.3) is 17.5 Å². The van der Waals surface area contributed by atoms with E-state index in [9.17, 15) is 29.3 Å². The van der Waals surface area contributed by atoms with Crippen LogP contribution in [0.3, 0.4) is 0 Å². The van der Waals surface area contributed by atoms with Crippen molar-refractivity contribution >= 4 is 59.0 Å². The normalized spacial score (nSPS) is 10.8. The van der Waals surface area contributed by atoms with E-state index in [-0.39, 0.29) is 34.2 Å². The molecule has 5 aromatic carbocycles. The lowest BCUT2D eigenvalue weighted by Gasteiger charge is -2.08. The zero-order valence-corrected chi connectivity index (χ0v) is 26.6. The fourth-order valence-corrected chi connectivity index (χ4v) is 4.43. The van der Waals surface area contributed by atoms with Gasteiger partial charge in [0.15, 0.2) is 0 Å². The number of benzene rings is 5. The molecule has 0 aromatic heterocycles. The van der Waals surface area contributed by atoms with Gasteiger partial charge in [0, 0.05) is 51.2 Å². The average Bonchev–Trinajstić information content (AvgIpc) is 3.12. The number of hydrazone groups is 1. The van der Waals surface area contributed by atoms with Crippen LogP contribution in [0.25, 0.3) is 6.08 Å². The minimum Gasteiger partial charge on any atom is -0.423 e. The van der Waals surface area contributed by atoms with Crippen molar-refractivity contribution in [3.63, 3.8) is 0 Å². The van der Waals surface area contributed by atoms with Gasteiger partial charge in [0.2, 0.25) is 0 Å². The number of amides is 2. The molecule has 0 saturated heterocycles. The van der Waals surface area contributed by atoms with Gasteiger partial charge in [-0.05, 0) is 84.9 Å². The van der Waals surface area contributed by atoms with Crippen LogP contribution in [0.4, 0.5) is 11.4 Å². The third kappa shape index (κ3) is 9.33. The predicted octanol–water partition coefficient (Wildman–Crippen LogP) is 7.10. The highest BCUT2D eigenvalue weighted by atomic mass is 35.5. The number of rotatable bonds is 11. The Labute approximate surface area is 289 Å². The Morgan fingerprint density at radius 1 is 0.680 bits per heavy atom. The van der Waals surface area contributed by atoms with Crippen LogP contribution < -0.4 is 20.2 Å². The van der Waals surface area contributed by atoms with Crippen LogP contribution in [0.5, 0.6) is 11.5 Å². The highest BCUT2D eigenvalue weighted by Gasteiger charge is 2.14. The van der Waals surface area contributed by atoms with Gasteiger partial charge in [-0.2, -0.15) is 5.10 Å². The van der Waals surface area contributed by atoms with Crippen molar-refractivity contribution in [2.75, 3.05) is 5.32 Å². The number of carbonyl (C=O) groups is 4. The highest BCUT2D eigenvalue weighted by molar-refractivity contribution is 6.30. The monoisotopic (exact) mass is 688 g/mol. The molecule has 2 amide bonds. The highest BCUT2D eigenvalue weighted by Crippen LogP contribution is 2.23. The summed E-state index contributed by atoms with van der Waals surface area (Å²) in [5.74, 6) is -2.00. The topological polar surface area (TPSA) is 166 Å². The number of halogens is 1. The van der Waals surface area contributed by atoms with Crippen LogP contribution in [0.1, 0.15) is 42.2 Å². The Morgan fingerprint density at radius 2 is 1.24 bits per heavy atom. The quantitative estimate of drug-likeness (QED) is 0.0370. The fourth-order valence-electron chi connectivity index (χ4n) is 4.30. The number of nitro benzene ring substituents is 1. The van der Waals surface area contributed by atoms with E-state index in [1.807, 2.05) is 0 Å². The molecule has 0 radical (unpaired) electrons. The first-order valence-electron chi connectivity index (χ1n) is 14.7. The number of ether oxygens (including phenoxy) is 2. The molecule has 0 aliphatic heterocycles. The van der Waals surface area contributed by atoms with Gasteiger partial charge >= 0.3 is 11.9 Å². The van der Waals surface area contributed by atoms with Crippen molar-refractivity contribution in [1.29, 1.82) is 0 Å². The molecule has 13 heteroatoms. The van der Waals surface area contributed by atoms with Crippen LogP contribution in [-0.4, -0.2) is 34.9 Å². The molecular formula is C37H25ClN4O8. The zero-order chi connectivity index (χ0) is 35.5. The maximum atomic E-state index is 12.7. The second kappa shape index (κ2) is 16.3. The smallest absolute Gasteiger partial charge is 0.343 e. The fraction of sp³-hybridized carbons (Fsp3) is 0. The summed E-state index contributed by atoms with van der Waals surface area (Å²) in [7, 11) is 0. The van der Waals surface area contributed by atoms with Crippen molar-refractivity contribution in [3.8, 4) is 11.5 Å². The summed E-state index contributed by atoms with van der Waals surface area (Å²) in [4.78, 5) is 60.7. The number of anilines is 1. The van der Waals surface area contributed by atoms with Gasteiger partial charge in [0.05, 0.1) is 16.7 Å². The van der Waals surface area contributed by atoms with E-state index >= 15 is 0 Å². The number of hydrogen-bond acceptors (Lipinski definition) is 9. The molecule has 248 valence electrons. The van der Waals surface area contributed by atoms with Crippen LogP contribution >= 0.6 is 11.6 Å². The molecule has 0 atom stereocenters. The summed E-state index contributed by atoms with van der Waals surface area (Å²) in [6, 6.07) is 30.6. The van der Waals surface area contributed by atoms with Crippen molar-refractivity contribution in [1.82, 2.24) is 5.43 Å². The molecule has 5 rings (SSSR count). The van der Waals surface area contributed by atoms with Gasteiger partial charge in [-0.1, -0.05) is 41.9 Å². The molecule has 0 saturated carbocycles. The Kier molecular flexibility index (Phi) is 11.2. The van der Waals surface area contributed by atoms with E-state index in [4.69, 9.17) is 21.1 Å². The molecule has 2 N–H and O–H groups in total. The Bertz CT molecular complexity index is 2110. The second-order valence-electron chi connectivity index (χ2n) is 10.3. The van der Waals surface area contributed by atoms with Crippen LogP contribution in [-0.2, 0) is 4.79 Å². The number of nitrogens with zero attached hydrogens (tertiary/aromatic N) is 2. The number of nitro groups is 1. The van der Waals surface area contributed by atoms with Gasteiger partial charge in [-0.15, -0.1) is 0 Å². The van der Waals surface area contributed by atoms with E-state index in [2.05, 4.69) is 15.8 Å². The molecule has 12 nitrogen and oxygen atoms in total. The lowest BCUT2D eigenvalue weighted by molar-refractivity contribution is -0.384. The molecule has 0 heterocycles. The minimum atomic E-state index is -0.741. The van der Waals surface area contributed by atoms with E-state index < -0.39 is 22.8 Å². The minimum absolute atomic E-state index is 0.109. The molecule has 0 aliphatic carbocycles. The summed E-state index contributed by atoms with van der Waals surface area (Å²) in [5, 5.41) is 18.1.